The predicted molar refractivity (Wildman–Crippen MR) is 191 cm³/mol. The first-order valence-corrected chi connectivity index (χ1v) is 16.0. The average Bonchev–Trinajstić information content (AvgIpc) is 3.67. The molecule has 0 saturated heterocycles. The van der Waals surface area contributed by atoms with Gasteiger partial charge in [0.2, 0.25) is 0 Å². The van der Waals surface area contributed by atoms with Crippen molar-refractivity contribution in [2.24, 2.45) is 0 Å². The lowest BCUT2D eigenvalue weighted by Crippen LogP contribution is -2.53. The Balaban J connectivity index is 1.11. The van der Waals surface area contributed by atoms with Crippen LogP contribution in [0.4, 0.5) is 0 Å². The zero-order valence-electron chi connectivity index (χ0n) is 25.1. The van der Waals surface area contributed by atoms with Crippen LogP contribution in [0.25, 0.3) is 71.7 Å². The lowest BCUT2D eigenvalue weighted by molar-refractivity contribution is 0.477. The Hall–Kier alpha value is -6.20. The molecule has 7 aromatic carbocycles. The van der Waals surface area contributed by atoms with Crippen molar-refractivity contribution in [3.05, 3.63) is 146 Å². The minimum atomic E-state index is -0.314. The van der Waals surface area contributed by atoms with E-state index < -0.39 is 0 Å². The molecule has 5 heteroatoms. The maximum absolute atomic E-state index is 7.04. The molecule has 0 saturated carbocycles. The average molecular weight is 601 g/mol. The minimum absolute atomic E-state index is 0.314. The van der Waals surface area contributed by atoms with Crippen LogP contribution in [-0.2, 0) is 0 Å². The number of para-hydroxylation sites is 4. The van der Waals surface area contributed by atoms with Gasteiger partial charge in [-0.25, -0.2) is 0 Å². The van der Waals surface area contributed by atoms with Crippen LogP contribution in [0.2, 0.25) is 0 Å². The summed E-state index contributed by atoms with van der Waals surface area (Å²) in [5.41, 5.74) is 11.6. The van der Waals surface area contributed by atoms with Gasteiger partial charge in [0.1, 0.15) is 28.4 Å². The molecule has 0 unspecified atom stereocenters. The summed E-state index contributed by atoms with van der Waals surface area (Å²) in [6, 6.07) is 51.0. The van der Waals surface area contributed by atoms with Crippen LogP contribution in [0.15, 0.2) is 150 Å². The maximum Gasteiger partial charge on any atom is 0.434 e. The van der Waals surface area contributed by atoms with Crippen molar-refractivity contribution in [3.8, 4) is 45.2 Å². The molecule has 47 heavy (non-hydrogen) atoms. The molecule has 0 radical (unpaired) electrons. The molecule has 218 valence electrons. The summed E-state index contributed by atoms with van der Waals surface area (Å²) < 4.78 is 22.4. The second kappa shape index (κ2) is 9.18. The van der Waals surface area contributed by atoms with Gasteiger partial charge >= 0.3 is 6.92 Å². The zero-order valence-corrected chi connectivity index (χ0v) is 25.1. The number of ether oxygens (including phenoxy) is 1. The summed E-state index contributed by atoms with van der Waals surface area (Å²) in [6.07, 6.45) is 0. The second-order valence-corrected chi connectivity index (χ2v) is 12.4. The molecule has 2 aromatic heterocycles. The van der Waals surface area contributed by atoms with E-state index in [1.165, 1.54) is 10.8 Å². The van der Waals surface area contributed by atoms with E-state index in [1.54, 1.807) is 0 Å². The Morgan fingerprint density at radius 3 is 2.06 bits per heavy atom. The van der Waals surface area contributed by atoms with E-state index >= 15 is 0 Å². The van der Waals surface area contributed by atoms with E-state index in [1.807, 2.05) is 18.2 Å². The van der Waals surface area contributed by atoms with Gasteiger partial charge in [-0.05, 0) is 59.2 Å². The van der Waals surface area contributed by atoms with Crippen LogP contribution in [0.5, 0.6) is 17.2 Å². The smallest absolute Gasteiger partial charge is 0.434 e. The monoisotopic (exact) mass is 601 g/mol. The molecule has 0 spiro atoms. The topological polar surface area (TPSA) is 36.5 Å². The van der Waals surface area contributed by atoms with Crippen molar-refractivity contribution in [2.75, 3.05) is 0 Å². The number of hydrogen-bond donors (Lipinski definition) is 0. The number of benzene rings is 7. The Kier molecular flexibility index (Phi) is 4.89. The van der Waals surface area contributed by atoms with E-state index in [0.29, 0.717) is 0 Å². The van der Waals surface area contributed by atoms with Crippen molar-refractivity contribution in [3.63, 3.8) is 0 Å². The number of fused-ring (bicyclic) bond motifs is 10. The van der Waals surface area contributed by atoms with Crippen LogP contribution < -0.4 is 20.3 Å². The molecule has 11 rings (SSSR count). The van der Waals surface area contributed by atoms with Gasteiger partial charge in [0.05, 0.1) is 16.7 Å². The van der Waals surface area contributed by atoms with E-state index in [-0.39, 0.29) is 6.92 Å². The van der Waals surface area contributed by atoms with Gasteiger partial charge in [-0.15, -0.1) is 0 Å². The quantitative estimate of drug-likeness (QED) is 0.185. The molecule has 2 aliphatic rings. The normalized spacial score (nSPS) is 13.0. The van der Waals surface area contributed by atoms with Crippen LogP contribution in [0, 0.1) is 0 Å². The van der Waals surface area contributed by atoms with Gasteiger partial charge in [0.25, 0.3) is 0 Å². The fraction of sp³-hybridized carbons (Fsp3) is 0. The molecular weight excluding hydrogens is 577 g/mol. The molecule has 0 atom stereocenters. The Morgan fingerprint density at radius 1 is 0.511 bits per heavy atom. The molecule has 2 aliphatic heterocycles. The fourth-order valence-corrected chi connectivity index (χ4v) is 7.90. The summed E-state index contributed by atoms with van der Waals surface area (Å²) in [6.45, 7) is -0.314. The number of furan rings is 1. The van der Waals surface area contributed by atoms with Gasteiger partial charge in [0.15, 0.2) is 0 Å². The third-order valence-electron chi connectivity index (χ3n) is 9.90. The van der Waals surface area contributed by atoms with Crippen molar-refractivity contribution in [2.45, 2.75) is 0 Å². The van der Waals surface area contributed by atoms with Gasteiger partial charge in [-0.3, -0.25) is 0 Å². The molecular formula is C42H24BNO3. The molecule has 0 aliphatic carbocycles. The molecule has 4 heterocycles. The highest BCUT2D eigenvalue weighted by molar-refractivity contribution is 6.84. The highest BCUT2D eigenvalue weighted by Gasteiger charge is 2.41. The molecule has 0 N–H and O–H groups in total. The first-order valence-electron chi connectivity index (χ1n) is 16.0. The summed E-state index contributed by atoms with van der Waals surface area (Å²) in [4.78, 5) is 0. The van der Waals surface area contributed by atoms with Gasteiger partial charge in [-0.1, -0.05) is 103 Å². The van der Waals surface area contributed by atoms with Crippen molar-refractivity contribution >= 4 is 61.6 Å². The Morgan fingerprint density at radius 2 is 1.21 bits per heavy atom. The summed E-state index contributed by atoms with van der Waals surface area (Å²) >= 11 is 0. The minimum Gasteiger partial charge on any atom is -0.551 e. The van der Waals surface area contributed by atoms with Crippen molar-refractivity contribution in [1.82, 2.24) is 4.57 Å². The molecule has 0 bridgehead atoms. The van der Waals surface area contributed by atoms with Gasteiger partial charge in [0, 0.05) is 38.0 Å². The predicted octanol–water partition coefficient (Wildman–Crippen LogP) is 9.62. The first kappa shape index (κ1) is 25.0. The third-order valence-corrected chi connectivity index (χ3v) is 9.90. The second-order valence-electron chi connectivity index (χ2n) is 12.4. The molecule has 4 nitrogen and oxygen atoms in total. The van der Waals surface area contributed by atoms with Gasteiger partial charge in [-0.2, -0.15) is 0 Å². The standard InChI is InChI=1S/C42H24BNO3/c1-4-16-33-27(10-1)28-11-2-5-17-34(28)44(33)35-18-9-15-32-42(35)46-38-21-8-14-30-29-23-22-25(24-39(29)47-43(32)41(30)38)26-13-7-20-37-40(26)31-12-3-6-19-36(31)45-37/h1-24H. The first-order chi connectivity index (χ1) is 23.3. The highest BCUT2D eigenvalue weighted by Crippen LogP contribution is 2.44. The molecule has 0 amide bonds. The van der Waals surface area contributed by atoms with Crippen molar-refractivity contribution in [1.29, 1.82) is 0 Å². The molecule has 9 aromatic rings. The van der Waals surface area contributed by atoms with Crippen LogP contribution in [0.1, 0.15) is 0 Å². The third kappa shape index (κ3) is 3.38. The summed E-state index contributed by atoms with van der Waals surface area (Å²) in [5.74, 6) is 2.51. The molecule has 0 fully saturated rings. The van der Waals surface area contributed by atoms with E-state index in [4.69, 9.17) is 13.8 Å². The van der Waals surface area contributed by atoms with Crippen LogP contribution >= 0.6 is 0 Å². The number of hydrogen-bond acceptors (Lipinski definition) is 3. The number of aromatic nitrogens is 1. The SMILES string of the molecule is c1cc2c3c(c1)-c1ccc(-c4cccc5oc6ccccc6c45)cc1OB3c1cccc(-n3c4ccccc4c4ccccc43)c1O2. The number of rotatable bonds is 2. The largest absolute Gasteiger partial charge is 0.551 e. The maximum atomic E-state index is 7.04. The highest BCUT2D eigenvalue weighted by atomic mass is 16.5. The zero-order chi connectivity index (χ0) is 30.6. The van der Waals surface area contributed by atoms with E-state index in [9.17, 15) is 0 Å². The van der Waals surface area contributed by atoms with E-state index in [0.717, 1.165) is 89.1 Å². The number of nitrogens with zero attached hydrogens (tertiary/aromatic N) is 1. The lowest BCUT2D eigenvalue weighted by Gasteiger charge is -2.33. The summed E-state index contributed by atoms with van der Waals surface area (Å²) in [7, 11) is 0. The van der Waals surface area contributed by atoms with E-state index in [2.05, 4.69) is 132 Å². The summed E-state index contributed by atoms with van der Waals surface area (Å²) in [5, 5.41) is 4.67. The van der Waals surface area contributed by atoms with Gasteiger partial charge < -0.3 is 18.4 Å². The van der Waals surface area contributed by atoms with Crippen LogP contribution in [0.3, 0.4) is 0 Å². The van der Waals surface area contributed by atoms with Crippen LogP contribution in [-0.4, -0.2) is 11.5 Å². The van der Waals surface area contributed by atoms with Crippen molar-refractivity contribution < 1.29 is 13.8 Å². The Bertz CT molecular complexity index is 2720. The lowest BCUT2D eigenvalue weighted by atomic mass is 9.50. The Labute approximate surface area is 270 Å². The fourth-order valence-electron chi connectivity index (χ4n) is 7.90.